The third-order valence-corrected chi connectivity index (χ3v) is 7.23. The van der Waals surface area contributed by atoms with Crippen molar-refractivity contribution in [1.82, 2.24) is 16.0 Å². The van der Waals surface area contributed by atoms with Gasteiger partial charge in [-0.15, -0.1) is 0 Å². The van der Waals surface area contributed by atoms with E-state index < -0.39 is 122 Å². The second-order valence-electron chi connectivity index (χ2n) is 10.6. The van der Waals surface area contributed by atoms with Gasteiger partial charge in [0, 0.05) is 20.8 Å². The fourth-order valence-corrected chi connectivity index (χ4v) is 5.25. The molecule has 0 aromatic rings. The molecule has 0 unspecified atom stereocenters. The molecule has 0 aliphatic carbocycles. The van der Waals surface area contributed by atoms with Crippen LogP contribution in [-0.2, 0) is 42.9 Å². The Hall–Kier alpha value is -2.56. The van der Waals surface area contributed by atoms with Crippen LogP contribution < -0.4 is 16.0 Å². The fraction of sp³-hybridized carbons (Fsp3) is 0.833. The van der Waals surface area contributed by atoms with Gasteiger partial charge >= 0.3 is 5.97 Å². The van der Waals surface area contributed by atoms with Crippen molar-refractivity contribution in [2.24, 2.45) is 0 Å². The number of rotatable bonds is 9. The van der Waals surface area contributed by atoms with E-state index in [1.807, 2.05) is 0 Å². The van der Waals surface area contributed by atoms with E-state index in [1.54, 1.807) is 0 Å². The van der Waals surface area contributed by atoms with Crippen molar-refractivity contribution in [2.45, 2.75) is 120 Å². The predicted octanol–water partition coefficient (Wildman–Crippen LogP) is -6.02. The number of carboxylic acids is 1. The third kappa shape index (κ3) is 7.94. The zero-order chi connectivity index (χ0) is 32.3. The van der Waals surface area contributed by atoms with Gasteiger partial charge in [0.2, 0.25) is 17.7 Å². The number of carboxylic acid groups (broad SMARTS) is 1. The van der Waals surface area contributed by atoms with Gasteiger partial charge in [-0.25, -0.2) is 4.79 Å². The van der Waals surface area contributed by atoms with Crippen LogP contribution >= 0.6 is 0 Å². The minimum Gasteiger partial charge on any atom is -0.479 e. The zero-order valence-electron chi connectivity index (χ0n) is 23.7. The fourth-order valence-electron chi connectivity index (χ4n) is 5.25. The first kappa shape index (κ1) is 34.9. The normalized spacial score (nSPS) is 43.3. The van der Waals surface area contributed by atoms with Crippen LogP contribution in [0.4, 0.5) is 0 Å². The highest BCUT2D eigenvalue weighted by Crippen LogP contribution is 2.32. The molecule has 43 heavy (non-hydrogen) atoms. The van der Waals surface area contributed by atoms with E-state index >= 15 is 0 Å². The van der Waals surface area contributed by atoms with E-state index in [0.717, 1.165) is 13.8 Å². The van der Waals surface area contributed by atoms with E-state index in [9.17, 15) is 54.9 Å². The van der Waals surface area contributed by atoms with Crippen LogP contribution in [0.15, 0.2) is 0 Å². The molecule has 0 radical (unpaired) electrons. The smallest absolute Gasteiger partial charge is 0.335 e. The molecule has 19 nitrogen and oxygen atoms in total. The topological polar surface area (TPSA) is 292 Å². The van der Waals surface area contributed by atoms with Crippen LogP contribution in [-0.4, -0.2) is 158 Å². The first-order chi connectivity index (χ1) is 20.1. The molecule has 10 N–H and O–H groups in total. The number of nitrogens with one attached hydrogen (secondary N) is 3. The number of aliphatic carboxylic acids is 1. The molecule has 3 fully saturated rings. The van der Waals surface area contributed by atoms with Crippen LogP contribution in [0.5, 0.6) is 0 Å². The summed E-state index contributed by atoms with van der Waals surface area (Å²) < 4.78 is 28.0. The number of carbonyl (C=O) groups excluding carboxylic acids is 3. The quantitative estimate of drug-likeness (QED) is 0.114. The number of aliphatic hydroxyl groups is 6. The zero-order valence-corrected chi connectivity index (χ0v) is 23.7. The van der Waals surface area contributed by atoms with E-state index in [4.69, 9.17) is 23.7 Å². The monoisotopic (exact) mass is 625 g/mol. The number of ether oxygens (including phenoxy) is 5. The molecule has 3 aliphatic heterocycles. The van der Waals surface area contributed by atoms with E-state index in [0.29, 0.717) is 0 Å². The Balaban J connectivity index is 1.93. The van der Waals surface area contributed by atoms with Gasteiger partial charge in [-0.3, -0.25) is 14.4 Å². The van der Waals surface area contributed by atoms with Crippen LogP contribution in [0.2, 0.25) is 0 Å². The molecule has 19 heteroatoms. The second kappa shape index (κ2) is 14.5. The molecule has 3 amide bonds. The molecule has 0 aromatic carbocycles. The van der Waals surface area contributed by atoms with Gasteiger partial charge in [-0.1, -0.05) is 0 Å². The van der Waals surface area contributed by atoms with Crippen LogP contribution in [0.1, 0.15) is 27.7 Å². The van der Waals surface area contributed by atoms with Gasteiger partial charge in [-0.2, -0.15) is 0 Å². The molecule has 15 atom stereocenters. The summed E-state index contributed by atoms with van der Waals surface area (Å²) in [4.78, 5) is 47.4. The third-order valence-electron chi connectivity index (χ3n) is 7.23. The van der Waals surface area contributed by atoms with Gasteiger partial charge in [0.05, 0.1) is 18.8 Å². The summed E-state index contributed by atoms with van der Waals surface area (Å²) in [6.45, 7) is 3.97. The van der Waals surface area contributed by atoms with Gasteiger partial charge in [0.25, 0.3) is 0 Å². The summed E-state index contributed by atoms with van der Waals surface area (Å²) >= 11 is 0. The Labute approximate surface area is 245 Å². The van der Waals surface area contributed by atoms with Gasteiger partial charge < -0.3 is 75.4 Å². The standard InChI is InChI=1S/C24H39N3O16/c1-6-11(25-7(2)29)19(17(35)22(38)39-6)42-23-13(27-9(4)31)15(33)18(10(5-28)40-23)41-24-12(26-8(3)30)14(32)16(34)20(43-24)21(36)37/h6,10-20,22-24,28,32-35,38H,5H2,1-4H3,(H,25,29)(H,26,30)(H,27,31)(H,36,37)/t6-,10-,11+,12+,13-,14-,15-,16+,17-,18-,19+,20+,22+,23-,24-/m1/s1. The first-order valence-corrected chi connectivity index (χ1v) is 13.4. The molecule has 3 heterocycles. The Bertz CT molecular complexity index is 1020. The summed E-state index contributed by atoms with van der Waals surface area (Å²) in [7, 11) is 0. The number of amides is 3. The summed E-state index contributed by atoms with van der Waals surface area (Å²) in [6.07, 6.45) is -20.2. The Morgan fingerprint density at radius 3 is 1.67 bits per heavy atom. The van der Waals surface area contributed by atoms with Gasteiger partial charge in [0.15, 0.2) is 25.0 Å². The number of carbonyl (C=O) groups is 4. The van der Waals surface area contributed by atoms with Crippen LogP contribution in [0.3, 0.4) is 0 Å². The number of hydrogen-bond acceptors (Lipinski definition) is 15. The van der Waals surface area contributed by atoms with E-state index in [1.165, 1.54) is 13.8 Å². The molecule has 0 bridgehead atoms. The van der Waals surface area contributed by atoms with Gasteiger partial charge in [0.1, 0.15) is 54.8 Å². The molecule has 3 aliphatic rings. The molecule has 3 rings (SSSR count). The van der Waals surface area contributed by atoms with Crippen molar-refractivity contribution in [2.75, 3.05) is 6.61 Å². The number of hydrogen-bond donors (Lipinski definition) is 10. The molecule has 0 saturated carbocycles. The summed E-state index contributed by atoms with van der Waals surface area (Å²) in [5.41, 5.74) is 0. The van der Waals surface area contributed by atoms with Gasteiger partial charge in [-0.05, 0) is 6.92 Å². The summed E-state index contributed by atoms with van der Waals surface area (Å²) in [6, 6.07) is -4.12. The van der Waals surface area contributed by atoms with E-state index in [-0.39, 0.29) is 0 Å². The second-order valence-corrected chi connectivity index (χ2v) is 10.6. The van der Waals surface area contributed by atoms with Crippen LogP contribution in [0.25, 0.3) is 0 Å². The van der Waals surface area contributed by atoms with Crippen molar-refractivity contribution in [1.29, 1.82) is 0 Å². The lowest BCUT2D eigenvalue weighted by Crippen LogP contribution is -2.71. The molecule has 3 saturated heterocycles. The lowest BCUT2D eigenvalue weighted by atomic mass is 9.93. The molecule has 0 spiro atoms. The maximum atomic E-state index is 12.1. The van der Waals surface area contributed by atoms with Crippen LogP contribution in [0, 0.1) is 0 Å². The van der Waals surface area contributed by atoms with Crippen molar-refractivity contribution < 1.29 is 78.6 Å². The lowest BCUT2D eigenvalue weighted by Gasteiger charge is -2.49. The molecular formula is C24H39N3O16. The lowest BCUT2D eigenvalue weighted by molar-refractivity contribution is -0.347. The average Bonchev–Trinajstić information content (AvgIpc) is 2.90. The summed E-state index contributed by atoms with van der Waals surface area (Å²) in [5.74, 6) is -3.62. The Kier molecular flexibility index (Phi) is 11.8. The highest BCUT2D eigenvalue weighted by molar-refractivity contribution is 5.75. The minimum absolute atomic E-state index is 0.532. The largest absolute Gasteiger partial charge is 0.479 e. The summed E-state index contributed by atoms with van der Waals surface area (Å²) in [5, 5.41) is 79.7. The highest BCUT2D eigenvalue weighted by atomic mass is 16.7. The maximum Gasteiger partial charge on any atom is 0.335 e. The molecule has 246 valence electrons. The number of aliphatic hydroxyl groups excluding tert-OH is 6. The van der Waals surface area contributed by atoms with Crippen molar-refractivity contribution >= 4 is 23.7 Å². The first-order valence-electron chi connectivity index (χ1n) is 13.4. The average molecular weight is 626 g/mol. The predicted molar refractivity (Wildman–Crippen MR) is 135 cm³/mol. The molecular weight excluding hydrogens is 586 g/mol. The maximum absolute atomic E-state index is 12.1. The van der Waals surface area contributed by atoms with Crippen molar-refractivity contribution in [3.05, 3.63) is 0 Å². The van der Waals surface area contributed by atoms with Crippen molar-refractivity contribution in [3.63, 3.8) is 0 Å². The Morgan fingerprint density at radius 2 is 1.16 bits per heavy atom. The SMILES string of the molecule is CC(=O)N[C@@H]1[C@H](O[C@H]2[C@H](O)[C@@H](NC(C)=O)[C@@H](O[C@@H]3[C@@H](O)[C@@H](O)O[C@H](C)[C@@H]3NC(C)=O)O[C@@H]2CO)O[C@H](C(=O)O)[C@@H](O)[C@@H]1O. The van der Waals surface area contributed by atoms with E-state index in [2.05, 4.69) is 16.0 Å². The minimum atomic E-state index is -2.02. The Morgan fingerprint density at radius 1 is 0.674 bits per heavy atom. The molecule has 0 aromatic heterocycles. The van der Waals surface area contributed by atoms with Crippen molar-refractivity contribution in [3.8, 4) is 0 Å². The highest BCUT2D eigenvalue weighted by Gasteiger charge is 2.55.